The summed E-state index contributed by atoms with van der Waals surface area (Å²) in [4.78, 5) is 35.9. The molecule has 0 unspecified atom stereocenters. The van der Waals surface area contributed by atoms with E-state index in [-0.39, 0.29) is 11.6 Å². The topological polar surface area (TPSA) is 117 Å². The van der Waals surface area contributed by atoms with Gasteiger partial charge < -0.3 is 19.9 Å². The van der Waals surface area contributed by atoms with Gasteiger partial charge >= 0.3 is 0 Å². The van der Waals surface area contributed by atoms with Crippen LogP contribution in [0.15, 0.2) is 67.0 Å². The molecular weight excluding hydrogens is 479 g/mol. The Bertz CT molecular complexity index is 1500. The number of fused-ring (bicyclic) bond motifs is 1. The van der Waals surface area contributed by atoms with Gasteiger partial charge in [0, 0.05) is 11.8 Å². The number of nitrogens with zero attached hydrogens (tertiary/aromatic N) is 3. The summed E-state index contributed by atoms with van der Waals surface area (Å²) in [5, 5.41) is 0.547. The first kappa shape index (κ1) is 24.0. The number of primary amides is 1. The monoisotopic (exact) mass is 502 g/mol. The number of nitrogens with two attached hydrogens (primary N) is 1. The molecule has 1 aliphatic carbocycles. The standard InChI is InChI=1S/C27H23FN4O5/c1-35-22-13-18-19(14-23(22)36-2)30-15-31-24(18)37-21-6-4-3-5-20(21)32(17-9-7-16(28)8-10-17)26(34)27(11-12-27)25(29)33/h3-10,13-15H,11-12H2,1-2H3,(H2,29,33). The van der Waals surface area contributed by atoms with Gasteiger partial charge in [-0.15, -0.1) is 0 Å². The molecule has 10 heteroatoms. The van der Waals surface area contributed by atoms with Crippen LogP contribution < -0.4 is 24.8 Å². The second-order valence-electron chi connectivity index (χ2n) is 8.54. The minimum atomic E-state index is -1.33. The fourth-order valence-electron chi connectivity index (χ4n) is 4.13. The van der Waals surface area contributed by atoms with Gasteiger partial charge in [0.15, 0.2) is 17.2 Å². The highest BCUT2D eigenvalue weighted by atomic mass is 19.1. The van der Waals surface area contributed by atoms with E-state index < -0.39 is 23.0 Å². The highest BCUT2D eigenvalue weighted by molar-refractivity contribution is 6.17. The molecule has 4 aromatic rings. The second kappa shape index (κ2) is 9.38. The van der Waals surface area contributed by atoms with E-state index in [9.17, 15) is 14.0 Å². The van der Waals surface area contributed by atoms with Gasteiger partial charge in [0.25, 0.3) is 0 Å². The van der Waals surface area contributed by atoms with Crippen molar-refractivity contribution in [1.29, 1.82) is 0 Å². The number of carbonyl (C=O) groups is 2. The molecule has 37 heavy (non-hydrogen) atoms. The van der Waals surface area contributed by atoms with Gasteiger partial charge in [-0.2, -0.15) is 0 Å². The number of carbonyl (C=O) groups excluding carboxylic acids is 2. The summed E-state index contributed by atoms with van der Waals surface area (Å²) in [7, 11) is 3.04. The normalized spacial score (nSPS) is 13.6. The number of aromatic nitrogens is 2. The third-order valence-corrected chi connectivity index (χ3v) is 6.34. The van der Waals surface area contributed by atoms with E-state index in [0.717, 1.165) is 0 Å². The van der Waals surface area contributed by atoms with Crippen molar-refractivity contribution in [2.24, 2.45) is 11.1 Å². The van der Waals surface area contributed by atoms with Crippen molar-refractivity contribution in [2.45, 2.75) is 12.8 Å². The Morgan fingerprint density at radius 1 is 0.946 bits per heavy atom. The van der Waals surface area contributed by atoms with Crippen molar-refractivity contribution in [3.8, 4) is 23.1 Å². The van der Waals surface area contributed by atoms with Crippen LogP contribution in [0.4, 0.5) is 15.8 Å². The van der Waals surface area contributed by atoms with Crippen LogP contribution in [0, 0.1) is 11.2 Å². The molecule has 2 N–H and O–H groups in total. The van der Waals surface area contributed by atoms with Crippen LogP contribution >= 0.6 is 0 Å². The lowest BCUT2D eigenvalue weighted by Crippen LogP contribution is -2.41. The van der Waals surface area contributed by atoms with Gasteiger partial charge in [-0.1, -0.05) is 12.1 Å². The molecule has 0 saturated heterocycles. The zero-order valence-corrected chi connectivity index (χ0v) is 20.1. The fraction of sp³-hybridized carbons (Fsp3) is 0.185. The van der Waals surface area contributed by atoms with E-state index in [1.54, 1.807) is 36.4 Å². The number of hydrogen-bond acceptors (Lipinski definition) is 7. The lowest BCUT2D eigenvalue weighted by atomic mass is 10.0. The second-order valence-corrected chi connectivity index (χ2v) is 8.54. The highest BCUT2D eigenvalue weighted by Crippen LogP contribution is 2.50. The van der Waals surface area contributed by atoms with Crippen LogP contribution in [0.1, 0.15) is 12.8 Å². The van der Waals surface area contributed by atoms with Gasteiger partial charge in [-0.25, -0.2) is 14.4 Å². The van der Waals surface area contributed by atoms with E-state index in [4.69, 9.17) is 19.9 Å². The maximum atomic E-state index is 13.7. The molecule has 5 rings (SSSR count). The van der Waals surface area contributed by atoms with Crippen molar-refractivity contribution < 1.29 is 28.2 Å². The molecule has 0 atom stereocenters. The Labute approximate surface area is 211 Å². The summed E-state index contributed by atoms with van der Waals surface area (Å²) in [5.41, 5.74) is 5.52. The molecule has 2 amide bonds. The summed E-state index contributed by atoms with van der Waals surface area (Å²) in [6, 6.07) is 15.6. The minimum absolute atomic E-state index is 0.209. The SMILES string of the molecule is COc1cc2ncnc(Oc3ccccc3N(C(=O)C3(C(N)=O)CC3)c3ccc(F)cc3)c2cc1OC. The Hall–Kier alpha value is -4.73. The number of amides is 2. The Morgan fingerprint density at radius 2 is 1.62 bits per heavy atom. The summed E-state index contributed by atoms with van der Waals surface area (Å²) >= 11 is 0. The lowest BCUT2D eigenvalue weighted by molar-refractivity contribution is -0.133. The van der Waals surface area contributed by atoms with Gasteiger partial charge in [-0.05, 0) is 55.3 Å². The third-order valence-electron chi connectivity index (χ3n) is 6.34. The van der Waals surface area contributed by atoms with Crippen molar-refractivity contribution in [3.05, 3.63) is 72.8 Å². The average molecular weight is 503 g/mol. The molecule has 1 fully saturated rings. The molecule has 1 aliphatic rings. The van der Waals surface area contributed by atoms with Crippen LogP contribution in [0.3, 0.4) is 0 Å². The average Bonchev–Trinajstić information content (AvgIpc) is 3.73. The number of hydrogen-bond donors (Lipinski definition) is 1. The predicted octanol–water partition coefficient (Wildman–Crippen LogP) is 4.51. The molecule has 0 radical (unpaired) electrons. The first-order valence-electron chi connectivity index (χ1n) is 11.4. The van der Waals surface area contributed by atoms with E-state index in [2.05, 4.69) is 9.97 Å². The Kier molecular flexibility index (Phi) is 6.08. The van der Waals surface area contributed by atoms with Crippen LogP contribution in [0.25, 0.3) is 10.9 Å². The van der Waals surface area contributed by atoms with E-state index in [1.165, 1.54) is 49.7 Å². The van der Waals surface area contributed by atoms with Gasteiger partial charge in [0.1, 0.15) is 17.6 Å². The molecule has 0 spiro atoms. The summed E-state index contributed by atoms with van der Waals surface area (Å²) < 4.78 is 30.7. The van der Waals surface area contributed by atoms with Crippen LogP contribution in [0.2, 0.25) is 0 Å². The van der Waals surface area contributed by atoms with Crippen LogP contribution in [0.5, 0.6) is 23.1 Å². The molecule has 1 aromatic heterocycles. The predicted molar refractivity (Wildman–Crippen MR) is 134 cm³/mol. The zero-order valence-electron chi connectivity index (χ0n) is 20.1. The number of ether oxygens (including phenoxy) is 3. The largest absolute Gasteiger partial charge is 0.493 e. The summed E-state index contributed by atoms with van der Waals surface area (Å²) in [6.07, 6.45) is 2.02. The molecule has 1 saturated carbocycles. The van der Waals surface area contributed by atoms with Crippen LogP contribution in [-0.2, 0) is 9.59 Å². The van der Waals surface area contributed by atoms with Gasteiger partial charge in [0.05, 0.1) is 30.8 Å². The van der Waals surface area contributed by atoms with Crippen molar-refractivity contribution in [3.63, 3.8) is 0 Å². The van der Waals surface area contributed by atoms with Crippen molar-refractivity contribution in [2.75, 3.05) is 19.1 Å². The highest BCUT2D eigenvalue weighted by Gasteiger charge is 2.57. The fourth-order valence-corrected chi connectivity index (χ4v) is 4.13. The van der Waals surface area contributed by atoms with Crippen LogP contribution in [-0.4, -0.2) is 36.0 Å². The van der Waals surface area contributed by atoms with E-state index in [0.29, 0.717) is 46.6 Å². The summed E-state index contributed by atoms with van der Waals surface area (Å²) in [5.74, 6) is -0.241. The Morgan fingerprint density at radius 3 is 2.27 bits per heavy atom. The number of para-hydroxylation sites is 2. The van der Waals surface area contributed by atoms with Crippen molar-refractivity contribution >= 4 is 34.1 Å². The first-order chi connectivity index (χ1) is 17.9. The molecule has 9 nitrogen and oxygen atoms in total. The number of halogens is 1. The number of anilines is 2. The van der Waals surface area contributed by atoms with E-state index in [1.807, 2.05) is 0 Å². The molecule has 188 valence electrons. The van der Waals surface area contributed by atoms with E-state index >= 15 is 0 Å². The maximum absolute atomic E-state index is 13.7. The zero-order chi connectivity index (χ0) is 26.2. The quantitative estimate of drug-likeness (QED) is 0.352. The maximum Gasteiger partial charge on any atom is 0.247 e. The number of methoxy groups -OCH3 is 2. The van der Waals surface area contributed by atoms with Gasteiger partial charge in [-0.3, -0.25) is 14.5 Å². The molecular formula is C27H23FN4O5. The Balaban J connectivity index is 1.63. The minimum Gasteiger partial charge on any atom is -0.493 e. The summed E-state index contributed by atoms with van der Waals surface area (Å²) in [6.45, 7) is 0. The molecule has 0 bridgehead atoms. The van der Waals surface area contributed by atoms with Gasteiger partial charge in [0.2, 0.25) is 17.7 Å². The lowest BCUT2D eigenvalue weighted by Gasteiger charge is -2.28. The number of rotatable bonds is 8. The smallest absolute Gasteiger partial charge is 0.247 e. The number of benzene rings is 3. The molecule has 3 aromatic carbocycles. The molecule has 0 aliphatic heterocycles. The van der Waals surface area contributed by atoms with Crippen molar-refractivity contribution in [1.82, 2.24) is 9.97 Å². The molecule has 1 heterocycles. The first-order valence-corrected chi connectivity index (χ1v) is 11.4. The third kappa shape index (κ3) is 4.26.